The summed E-state index contributed by atoms with van der Waals surface area (Å²) < 4.78 is 5.16. The van der Waals surface area contributed by atoms with Gasteiger partial charge in [-0.15, -0.1) is 0 Å². The van der Waals surface area contributed by atoms with E-state index < -0.39 is 0 Å². The van der Waals surface area contributed by atoms with E-state index in [1.807, 2.05) is 55.5 Å². The van der Waals surface area contributed by atoms with Crippen molar-refractivity contribution in [2.45, 2.75) is 19.3 Å². The number of rotatable bonds is 5. The molecule has 1 saturated heterocycles. The van der Waals surface area contributed by atoms with Crippen molar-refractivity contribution in [1.82, 2.24) is 4.90 Å². The molecular weight excluding hydrogens is 316 g/mol. The first-order valence-corrected chi connectivity index (χ1v) is 8.33. The second-order valence-corrected chi connectivity index (χ2v) is 6.36. The minimum absolute atomic E-state index is 0.0138. The lowest BCUT2D eigenvalue weighted by Crippen LogP contribution is -2.34. The average Bonchev–Trinajstić information content (AvgIpc) is 2.97. The largest absolute Gasteiger partial charge is 0.497 e. The van der Waals surface area contributed by atoms with E-state index in [-0.39, 0.29) is 24.3 Å². The number of carbonyl (C=O) groups excluding carboxylic acids is 2. The summed E-state index contributed by atoms with van der Waals surface area (Å²) in [4.78, 5) is 26.1. The maximum Gasteiger partial charge on any atom is 0.243 e. The first-order valence-electron chi connectivity index (χ1n) is 8.33. The summed E-state index contributed by atoms with van der Waals surface area (Å²) in [5.74, 6) is 0.750. The number of likely N-dealkylation sites (tertiary alicyclic amines) is 1. The van der Waals surface area contributed by atoms with Gasteiger partial charge in [-0.25, -0.2) is 0 Å². The molecule has 0 spiro atoms. The molecule has 2 amide bonds. The molecule has 0 saturated carbocycles. The summed E-state index contributed by atoms with van der Waals surface area (Å²) in [5, 5.41) is 2.84. The van der Waals surface area contributed by atoms with E-state index in [4.69, 9.17) is 4.74 Å². The summed E-state index contributed by atoms with van der Waals surface area (Å²) in [6, 6.07) is 15.4. The zero-order valence-electron chi connectivity index (χ0n) is 14.5. The summed E-state index contributed by atoms with van der Waals surface area (Å²) in [7, 11) is 1.63. The van der Waals surface area contributed by atoms with Crippen molar-refractivity contribution >= 4 is 17.5 Å². The Morgan fingerprint density at radius 2 is 1.84 bits per heavy atom. The van der Waals surface area contributed by atoms with Crippen molar-refractivity contribution in [1.29, 1.82) is 0 Å². The summed E-state index contributed by atoms with van der Waals surface area (Å²) in [6.07, 6.45) is 0.435. The van der Waals surface area contributed by atoms with Gasteiger partial charge in [0.1, 0.15) is 5.75 Å². The van der Waals surface area contributed by atoms with Crippen molar-refractivity contribution in [2.75, 3.05) is 25.5 Å². The lowest BCUT2D eigenvalue weighted by Gasteiger charge is -2.16. The Morgan fingerprint density at radius 1 is 1.16 bits per heavy atom. The van der Waals surface area contributed by atoms with Crippen molar-refractivity contribution < 1.29 is 14.3 Å². The van der Waals surface area contributed by atoms with E-state index in [0.29, 0.717) is 13.0 Å². The van der Waals surface area contributed by atoms with E-state index in [9.17, 15) is 9.59 Å². The van der Waals surface area contributed by atoms with Crippen LogP contribution in [0.4, 0.5) is 5.69 Å². The molecular formula is C20H22N2O3. The SMILES string of the molecule is COc1ccc(C2CC(=O)N(CC(=O)Nc3ccc(C)cc3)C2)cc1. The topological polar surface area (TPSA) is 58.6 Å². The third kappa shape index (κ3) is 4.18. The predicted molar refractivity (Wildman–Crippen MR) is 96.7 cm³/mol. The Hall–Kier alpha value is -2.82. The number of amides is 2. The molecule has 3 rings (SSSR count). The molecule has 1 aliphatic rings. The van der Waals surface area contributed by atoms with Crippen LogP contribution < -0.4 is 10.1 Å². The molecule has 1 N–H and O–H groups in total. The van der Waals surface area contributed by atoms with Gasteiger partial charge in [0, 0.05) is 24.6 Å². The fourth-order valence-corrected chi connectivity index (χ4v) is 3.04. The van der Waals surface area contributed by atoms with E-state index in [1.54, 1.807) is 12.0 Å². The average molecular weight is 338 g/mol. The minimum Gasteiger partial charge on any atom is -0.497 e. The molecule has 130 valence electrons. The second kappa shape index (κ2) is 7.38. The van der Waals surface area contributed by atoms with E-state index in [2.05, 4.69) is 5.32 Å². The van der Waals surface area contributed by atoms with Gasteiger partial charge in [0.2, 0.25) is 11.8 Å². The first-order chi connectivity index (χ1) is 12.0. The Bertz CT molecular complexity index is 754. The third-order valence-corrected chi connectivity index (χ3v) is 4.47. The zero-order chi connectivity index (χ0) is 17.8. The van der Waals surface area contributed by atoms with Crippen molar-refractivity contribution in [3.8, 4) is 5.75 Å². The molecule has 2 aromatic rings. The Morgan fingerprint density at radius 3 is 2.48 bits per heavy atom. The van der Waals surface area contributed by atoms with Crippen molar-refractivity contribution in [2.24, 2.45) is 0 Å². The molecule has 1 fully saturated rings. The van der Waals surface area contributed by atoms with E-state index >= 15 is 0 Å². The molecule has 1 atom stereocenters. The van der Waals surface area contributed by atoms with Gasteiger partial charge in [0.05, 0.1) is 13.7 Å². The molecule has 5 nitrogen and oxygen atoms in total. The number of hydrogen-bond acceptors (Lipinski definition) is 3. The maximum absolute atomic E-state index is 12.2. The van der Waals surface area contributed by atoms with Gasteiger partial charge < -0.3 is 15.0 Å². The highest BCUT2D eigenvalue weighted by molar-refractivity contribution is 5.95. The molecule has 2 aromatic carbocycles. The number of ether oxygens (including phenoxy) is 1. The summed E-state index contributed by atoms with van der Waals surface area (Å²) >= 11 is 0. The Kier molecular flexibility index (Phi) is 5.03. The lowest BCUT2D eigenvalue weighted by molar-refractivity contribution is -0.131. The molecule has 0 aromatic heterocycles. The van der Waals surface area contributed by atoms with E-state index in [1.165, 1.54) is 0 Å². The van der Waals surface area contributed by atoms with Gasteiger partial charge >= 0.3 is 0 Å². The number of nitrogens with zero attached hydrogens (tertiary/aromatic N) is 1. The van der Waals surface area contributed by atoms with Crippen LogP contribution in [-0.4, -0.2) is 36.9 Å². The molecule has 25 heavy (non-hydrogen) atoms. The van der Waals surface area contributed by atoms with Crippen LogP contribution >= 0.6 is 0 Å². The van der Waals surface area contributed by atoms with Crippen LogP contribution in [0.2, 0.25) is 0 Å². The first kappa shape index (κ1) is 17.0. The Balaban J connectivity index is 1.58. The fourth-order valence-electron chi connectivity index (χ4n) is 3.04. The minimum atomic E-state index is -0.174. The monoisotopic (exact) mass is 338 g/mol. The number of benzene rings is 2. The number of nitrogens with one attached hydrogen (secondary N) is 1. The van der Waals surface area contributed by atoms with Gasteiger partial charge in [0.25, 0.3) is 0 Å². The molecule has 0 aliphatic carbocycles. The van der Waals surface area contributed by atoms with E-state index in [0.717, 1.165) is 22.6 Å². The number of methoxy groups -OCH3 is 1. The number of aryl methyl sites for hydroxylation is 1. The lowest BCUT2D eigenvalue weighted by atomic mass is 9.98. The number of carbonyl (C=O) groups is 2. The van der Waals surface area contributed by atoms with Gasteiger partial charge in [-0.05, 0) is 36.8 Å². The Labute approximate surface area is 147 Å². The second-order valence-electron chi connectivity index (χ2n) is 6.36. The standard InChI is InChI=1S/C20H22N2O3/c1-14-3-7-17(8-4-14)21-19(23)13-22-12-16(11-20(22)24)15-5-9-18(25-2)10-6-15/h3-10,16H,11-13H2,1-2H3,(H,21,23). The van der Waals surface area contributed by atoms with Crippen LogP contribution in [0, 0.1) is 6.92 Å². The van der Waals surface area contributed by atoms with Gasteiger partial charge in [-0.1, -0.05) is 29.8 Å². The normalized spacial score (nSPS) is 16.8. The molecule has 0 bridgehead atoms. The van der Waals surface area contributed by atoms with Crippen LogP contribution in [0.3, 0.4) is 0 Å². The highest BCUT2D eigenvalue weighted by atomic mass is 16.5. The van der Waals surface area contributed by atoms with Crippen LogP contribution in [-0.2, 0) is 9.59 Å². The number of hydrogen-bond donors (Lipinski definition) is 1. The molecule has 1 aliphatic heterocycles. The van der Waals surface area contributed by atoms with Crippen molar-refractivity contribution in [3.05, 3.63) is 59.7 Å². The van der Waals surface area contributed by atoms with Crippen molar-refractivity contribution in [3.63, 3.8) is 0 Å². The zero-order valence-corrected chi connectivity index (χ0v) is 14.5. The molecule has 0 radical (unpaired) electrons. The molecule has 5 heteroatoms. The van der Waals surface area contributed by atoms with Crippen LogP contribution in [0.15, 0.2) is 48.5 Å². The number of anilines is 1. The summed E-state index contributed by atoms with van der Waals surface area (Å²) in [5.41, 5.74) is 2.97. The predicted octanol–water partition coefficient (Wildman–Crippen LogP) is 2.96. The van der Waals surface area contributed by atoms with Gasteiger partial charge in [-0.3, -0.25) is 9.59 Å². The molecule has 1 unspecified atom stereocenters. The van der Waals surface area contributed by atoms with Crippen LogP contribution in [0.25, 0.3) is 0 Å². The highest BCUT2D eigenvalue weighted by Crippen LogP contribution is 2.29. The smallest absolute Gasteiger partial charge is 0.243 e. The van der Waals surface area contributed by atoms with Crippen LogP contribution in [0.1, 0.15) is 23.5 Å². The third-order valence-electron chi connectivity index (χ3n) is 4.47. The maximum atomic E-state index is 12.2. The highest BCUT2D eigenvalue weighted by Gasteiger charge is 2.31. The molecule has 1 heterocycles. The van der Waals surface area contributed by atoms with Crippen LogP contribution in [0.5, 0.6) is 5.75 Å². The van der Waals surface area contributed by atoms with Gasteiger partial charge in [0.15, 0.2) is 0 Å². The quantitative estimate of drug-likeness (QED) is 0.912. The summed E-state index contributed by atoms with van der Waals surface area (Å²) in [6.45, 7) is 2.64. The fraction of sp³-hybridized carbons (Fsp3) is 0.300. The van der Waals surface area contributed by atoms with Gasteiger partial charge in [-0.2, -0.15) is 0 Å².